The van der Waals surface area contributed by atoms with Gasteiger partial charge in [0.2, 0.25) is 0 Å². The molecule has 0 aliphatic carbocycles. The van der Waals surface area contributed by atoms with E-state index in [0.717, 1.165) is 25.9 Å². The third kappa shape index (κ3) is 4.42. The molecule has 6 nitrogen and oxygen atoms in total. The van der Waals surface area contributed by atoms with E-state index in [4.69, 9.17) is 4.74 Å². The lowest BCUT2D eigenvalue weighted by Gasteiger charge is -2.31. The highest BCUT2D eigenvalue weighted by Gasteiger charge is 2.23. The predicted molar refractivity (Wildman–Crippen MR) is 105 cm³/mol. The molecule has 1 aliphatic heterocycles. The van der Waals surface area contributed by atoms with Gasteiger partial charge in [-0.3, -0.25) is 9.52 Å². The summed E-state index contributed by atoms with van der Waals surface area (Å²) in [4.78, 5) is 14.6. The van der Waals surface area contributed by atoms with Crippen molar-refractivity contribution in [1.82, 2.24) is 4.90 Å². The number of hydrogen-bond acceptors (Lipinski definition) is 4. The van der Waals surface area contributed by atoms with Gasteiger partial charge in [0.25, 0.3) is 15.9 Å². The molecule has 1 heterocycles. The highest BCUT2D eigenvalue weighted by atomic mass is 32.2. The lowest BCUT2D eigenvalue weighted by Crippen LogP contribution is -2.39. The molecule has 2 aromatic carbocycles. The Balaban J connectivity index is 1.77. The summed E-state index contributed by atoms with van der Waals surface area (Å²) in [5.41, 5.74) is 0.864. The smallest absolute Gasteiger partial charge is 0.262 e. The Morgan fingerprint density at radius 3 is 2.52 bits per heavy atom. The molecule has 1 N–H and O–H groups in total. The van der Waals surface area contributed by atoms with Crippen LogP contribution in [-0.4, -0.2) is 39.4 Å². The normalized spacial score (nSPS) is 17.4. The summed E-state index contributed by atoms with van der Waals surface area (Å²) >= 11 is 0. The average molecular weight is 388 g/mol. The fourth-order valence-corrected chi connectivity index (χ4v) is 4.34. The number of benzene rings is 2. The standard InChI is InChI=1S/C20H24N2O4S/c1-15-6-5-13-22(14-15)20(23)16-9-11-17(12-10-16)27(24,25)21-18-7-3-4-8-19(18)26-2/h3-4,7-12,15,21H,5-6,13-14H2,1-2H3/t15-/m0/s1. The fraction of sp³-hybridized carbons (Fsp3) is 0.350. The molecule has 0 aromatic heterocycles. The van der Waals surface area contributed by atoms with Crippen LogP contribution in [0.4, 0.5) is 5.69 Å². The molecule has 0 bridgehead atoms. The average Bonchev–Trinajstić information content (AvgIpc) is 2.67. The third-order valence-corrected chi connectivity index (χ3v) is 6.09. The minimum Gasteiger partial charge on any atom is -0.495 e. The number of anilines is 1. The van der Waals surface area contributed by atoms with Crippen molar-refractivity contribution in [1.29, 1.82) is 0 Å². The van der Waals surface area contributed by atoms with Crippen molar-refractivity contribution >= 4 is 21.6 Å². The number of carbonyl (C=O) groups excluding carboxylic acids is 1. The van der Waals surface area contributed by atoms with Crippen molar-refractivity contribution in [2.24, 2.45) is 5.92 Å². The van der Waals surface area contributed by atoms with Crippen LogP contribution in [0.15, 0.2) is 53.4 Å². The van der Waals surface area contributed by atoms with Gasteiger partial charge in [-0.25, -0.2) is 8.42 Å². The maximum atomic E-state index is 12.6. The second-order valence-corrected chi connectivity index (χ2v) is 8.51. The number of carbonyl (C=O) groups is 1. The Kier molecular flexibility index (Phi) is 5.70. The molecule has 2 aromatic rings. The van der Waals surface area contributed by atoms with Gasteiger partial charge in [-0.15, -0.1) is 0 Å². The van der Waals surface area contributed by atoms with Gasteiger partial charge < -0.3 is 9.64 Å². The summed E-state index contributed by atoms with van der Waals surface area (Å²) in [6, 6.07) is 12.8. The molecule has 3 rings (SSSR count). The number of ether oxygens (including phenoxy) is 1. The number of nitrogens with one attached hydrogen (secondary N) is 1. The zero-order valence-electron chi connectivity index (χ0n) is 15.5. The van der Waals surface area contributed by atoms with Crippen LogP contribution in [0, 0.1) is 5.92 Å². The summed E-state index contributed by atoms with van der Waals surface area (Å²) < 4.78 is 33.0. The summed E-state index contributed by atoms with van der Waals surface area (Å²) in [7, 11) is -2.30. The molecule has 1 atom stereocenters. The Hall–Kier alpha value is -2.54. The van der Waals surface area contributed by atoms with Crippen molar-refractivity contribution < 1.29 is 17.9 Å². The van der Waals surface area contributed by atoms with E-state index >= 15 is 0 Å². The van der Waals surface area contributed by atoms with Gasteiger partial charge in [-0.1, -0.05) is 19.1 Å². The molecule has 0 spiro atoms. The Morgan fingerprint density at radius 1 is 1.15 bits per heavy atom. The quantitative estimate of drug-likeness (QED) is 0.852. The molecule has 7 heteroatoms. The first kappa shape index (κ1) is 19.2. The first-order valence-electron chi connectivity index (χ1n) is 8.96. The maximum absolute atomic E-state index is 12.6. The van der Waals surface area contributed by atoms with Crippen LogP contribution in [-0.2, 0) is 10.0 Å². The molecular formula is C20H24N2O4S. The van der Waals surface area contributed by atoms with Crippen LogP contribution in [0.3, 0.4) is 0 Å². The second kappa shape index (κ2) is 8.00. The molecule has 0 unspecified atom stereocenters. The largest absolute Gasteiger partial charge is 0.495 e. The number of likely N-dealkylation sites (tertiary alicyclic amines) is 1. The van der Waals surface area contributed by atoms with Crippen LogP contribution >= 0.6 is 0 Å². The minimum absolute atomic E-state index is 0.0526. The van der Waals surface area contributed by atoms with Crippen LogP contribution < -0.4 is 9.46 Å². The summed E-state index contributed by atoms with van der Waals surface area (Å²) in [6.45, 7) is 3.63. The molecule has 0 radical (unpaired) electrons. The van der Waals surface area contributed by atoms with Gasteiger partial charge in [0.05, 0.1) is 17.7 Å². The Bertz CT molecular complexity index is 910. The van der Waals surface area contributed by atoms with E-state index in [9.17, 15) is 13.2 Å². The highest BCUT2D eigenvalue weighted by Crippen LogP contribution is 2.26. The van der Waals surface area contributed by atoms with Crippen LogP contribution in [0.5, 0.6) is 5.75 Å². The van der Waals surface area contributed by atoms with Crippen LogP contribution in [0.1, 0.15) is 30.1 Å². The predicted octanol–water partition coefficient (Wildman–Crippen LogP) is 3.37. The zero-order valence-corrected chi connectivity index (χ0v) is 16.3. The zero-order chi connectivity index (χ0) is 19.4. The third-order valence-electron chi connectivity index (χ3n) is 4.71. The van der Waals surface area contributed by atoms with Crippen molar-refractivity contribution in [3.8, 4) is 5.75 Å². The van der Waals surface area contributed by atoms with Crippen LogP contribution in [0.2, 0.25) is 0 Å². The van der Waals surface area contributed by atoms with E-state index in [2.05, 4.69) is 11.6 Å². The number of piperidine rings is 1. The van der Waals surface area contributed by atoms with E-state index in [1.807, 2.05) is 4.90 Å². The first-order chi connectivity index (χ1) is 12.9. The number of sulfonamides is 1. The lowest BCUT2D eigenvalue weighted by molar-refractivity contribution is 0.0683. The van der Waals surface area contributed by atoms with Gasteiger partial charge in [-0.05, 0) is 55.2 Å². The summed E-state index contributed by atoms with van der Waals surface area (Å²) in [5.74, 6) is 0.877. The molecule has 1 aliphatic rings. The molecular weight excluding hydrogens is 364 g/mol. The Labute approximate surface area is 160 Å². The maximum Gasteiger partial charge on any atom is 0.262 e. The number of amides is 1. The molecule has 144 valence electrons. The highest BCUT2D eigenvalue weighted by molar-refractivity contribution is 7.92. The van der Waals surface area contributed by atoms with E-state index in [1.54, 1.807) is 36.4 Å². The van der Waals surface area contributed by atoms with Gasteiger partial charge >= 0.3 is 0 Å². The molecule has 1 amide bonds. The fourth-order valence-electron chi connectivity index (χ4n) is 3.27. The monoisotopic (exact) mass is 388 g/mol. The summed E-state index contributed by atoms with van der Waals surface area (Å²) in [5, 5.41) is 0. The topological polar surface area (TPSA) is 75.7 Å². The van der Waals surface area contributed by atoms with Crippen molar-refractivity contribution in [3.63, 3.8) is 0 Å². The number of rotatable bonds is 5. The molecule has 1 fully saturated rings. The molecule has 1 saturated heterocycles. The first-order valence-corrected chi connectivity index (χ1v) is 10.4. The van der Waals surface area contributed by atoms with Gasteiger partial charge in [0.15, 0.2) is 0 Å². The Morgan fingerprint density at radius 2 is 1.85 bits per heavy atom. The second-order valence-electron chi connectivity index (χ2n) is 6.83. The number of nitrogens with zero attached hydrogens (tertiary/aromatic N) is 1. The van der Waals surface area contributed by atoms with E-state index in [-0.39, 0.29) is 10.8 Å². The number of hydrogen-bond donors (Lipinski definition) is 1. The molecule has 27 heavy (non-hydrogen) atoms. The molecule has 0 saturated carbocycles. The van der Waals surface area contributed by atoms with E-state index < -0.39 is 10.0 Å². The number of methoxy groups -OCH3 is 1. The van der Waals surface area contributed by atoms with Crippen molar-refractivity contribution in [2.75, 3.05) is 24.9 Å². The van der Waals surface area contributed by atoms with Crippen molar-refractivity contribution in [3.05, 3.63) is 54.1 Å². The van der Waals surface area contributed by atoms with Gasteiger partial charge in [0, 0.05) is 18.7 Å². The van der Waals surface area contributed by atoms with Gasteiger partial charge in [-0.2, -0.15) is 0 Å². The summed E-state index contributed by atoms with van der Waals surface area (Å²) in [6.07, 6.45) is 2.14. The van der Waals surface area contributed by atoms with E-state index in [0.29, 0.717) is 22.9 Å². The van der Waals surface area contributed by atoms with Gasteiger partial charge in [0.1, 0.15) is 5.75 Å². The van der Waals surface area contributed by atoms with Crippen molar-refractivity contribution in [2.45, 2.75) is 24.7 Å². The van der Waals surface area contributed by atoms with Crippen LogP contribution in [0.25, 0.3) is 0 Å². The van der Waals surface area contributed by atoms with E-state index in [1.165, 1.54) is 19.2 Å². The minimum atomic E-state index is -3.78. The SMILES string of the molecule is COc1ccccc1NS(=O)(=O)c1ccc(C(=O)N2CCC[C@H](C)C2)cc1. The number of para-hydroxylation sites is 2. The lowest BCUT2D eigenvalue weighted by atomic mass is 9.99.